The quantitative estimate of drug-likeness (QED) is 0.513. The highest BCUT2D eigenvalue weighted by Gasteiger charge is 2.02. The van der Waals surface area contributed by atoms with Gasteiger partial charge >= 0.3 is 0 Å². The molecule has 106 valence electrons. The summed E-state index contributed by atoms with van der Waals surface area (Å²) in [7, 11) is 0. The zero-order valence-electron chi connectivity index (χ0n) is 11.8. The number of nitrogen functional groups attached to an aromatic ring is 1. The maximum atomic E-state index is 11.9. The second-order valence-corrected chi connectivity index (χ2v) is 4.56. The van der Waals surface area contributed by atoms with Crippen LogP contribution in [0.15, 0.2) is 65.8 Å². The minimum Gasteiger partial charge on any atom is -0.399 e. The highest BCUT2D eigenvalue weighted by molar-refractivity contribution is 5.99. The zero-order valence-corrected chi connectivity index (χ0v) is 11.8. The zero-order chi connectivity index (χ0) is 15.1. The number of carbonyl (C=O) groups is 1. The molecule has 1 amide bonds. The Morgan fingerprint density at radius 3 is 2.43 bits per heavy atom. The average molecular weight is 279 g/mol. The standard InChI is InChI=1S/C17H17N3O/c1-13(7-8-14-5-3-2-4-6-14)19-20-17(21)15-9-11-16(18)12-10-15/h2-12H,18H2,1H3,(H,20,21). The van der Waals surface area contributed by atoms with E-state index < -0.39 is 0 Å². The number of carbonyl (C=O) groups excluding carboxylic acids is 1. The lowest BCUT2D eigenvalue weighted by Crippen LogP contribution is -2.18. The van der Waals surface area contributed by atoms with Crippen molar-refractivity contribution < 1.29 is 4.79 Å². The van der Waals surface area contributed by atoms with Crippen molar-refractivity contribution in [1.29, 1.82) is 0 Å². The number of hydrazone groups is 1. The summed E-state index contributed by atoms with van der Waals surface area (Å²) in [6, 6.07) is 16.6. The van der Waals surface area contributed by atoms with Gasteiger partial charge in [0.1, 0.15) is 0 Å². The molecule has 0 aliphatic heterocycles. The van der Waals surface area contributed by atoms with Gasteiger partial charge in [0.15, 0.2) is 0 Å². The van der Waals surface area contributed by atoms with E-state index in [0.29, 0.717) is 17.0 Å². The van der Waals surface area contributed by atoms with Crippen molar-refractivity contribution in [2.45, 2.75) is 6.92 Å². The predicted molar refractivity (Wildman–Crippen MR) is 86.9 cm³/mol. The van der Waals surface area contributed by atoms with Crippen LogP contribution >= 0.6 is 0 Å². The molecule has 21 heavy (non-hydrogen) atoms. The van der Waals surface area contributed by atoms with Gasteiger partial charge in [-0.25, -0.2) is 5.43 Å². The first-order valence-corrected chi connectivity index (χ1v) is 6.58. The first kappa shape index (κ1) is 14.5. The van der Waals surface area contributed by atoms with E-state index in [4.69, 9.17) is 5.73 Å². The van der Waals surface area contributed by atoms with Gasteiger partial charge in [0, 0.05) is 11.3 Å². The van der Waals surface area contributed by atoms with Gasteiger partial charge in [-0.15, -0.1) is 0 Å². The fourth-order valence-corrected chi connectivity index (χ4v) is 1.66. The smallest absolute Gasteiger partial charge is 0.271 e. The fraction of sp³-hybridized carbons (Fsp3) is 0.0588. The van der Waals surface area contributed by atoms with Crippen LogP contribution in [0.1, 0.15) is 22.8 Å². The normalized spacial score (nSPS) is 11.6. The summed E-state index contributed by atoms with van der Waals surface area (Å²) < 4.78 is 0. The number of rotatable bonds is 4. The molecule has 0 atom stereocenters. The molecule has 0 radical (unpaired) electrons. The third kappa shape index (κ3) is 4.62. The SMILES string of the molecule is CC(C=Cc1ccccc1)=NNC(=O)c1ccc(N)cc1. The Balaban J connectivity index is 1.95. The van der Waals surface area contributed by atoms with Crippen LogP contribution in [0.2, 0.25) is 0 Å². The Morgan fingerprint density at radius 2 is 1.76 bits per heavy atom. The first-order chi connectivity index (χ1) is 10.1. The lowest BCUT2D eigenvalue weighted by atomic mass is 10.2. The maximum Gasteiger partial charge on any atom is 0.271 e. The van der Waals surface area contributed by atoms with Crippen molar-refractivity contribution in [1.82, 2.24) is 5.43 Å². The lowest BCUT2D eigenvalue weighted by molar-refractivity contribution is 0.0955. The molecule has 2 aromatic carbocycles. The number of nitrogens with one attached hydrogen (secondary N) is 1. The van der Waals surface area contributed by atoms with E-state index in [2.05, 4.69) is 10.5 Å². The Hall–Kier alpha value is -2.88. The van der Waals surface area contributed by atoms with E-state index in [1.54, 1.807) is 24.3 Å². The summed E-state index contributed by atoms with van der Waals surface area (Å²) in [4.78, 5) is 11.9. The molecule has 4 heteroatoms. The highest BCUT2D eigenvalue weighted by Crippen LogP contribution is 2.05. The van der Waals surface area contributed by atoms with Gasteiger partial charge in [0.05, 0.1) is 5.71 Å². The molecule has 0 bridgehead atoms. The van der Waals surface area contributed by atoms with E-state index >= 15 is 0 Å². The molecule has 0 saturated heterocycles. The molecule has 0 saturated carbocycles. The summed E-state index contributed by atoms with van der Waals surface area (Å²) in [5, 5.41) is 4.04. The number of hydrogen-bond donors (Lipinski definition) is 2. The van der Waals surface area contributed by atoms with Crippen LogP contribution in [-0.2, 0) is 0 Å². The van der Waals surface area contributed by atoms with Crippen molar-refractivity contribution in [3.05, 3.63) is 71.8 Å². The molecule has 2 rings (SSSR count). The van der Waals surface area contributed by atoms with Crippen LogP contribution in [0.5, 0.6) is 0 Å². The maximum absolute atomic E-state index is 11.9. The number of hydrogen-bond acceptors (Lipinski definition) is 3. The van der Waals surface area contributed by atoms with Crippen LogP contribution < -0.4 is 11.2 Å². The molecule has 3 N–H and O–H groups in total. The molecule has 0 aliphatic rings. The minimum atomic E-state index is -0.262. The van der Waals surface area contributed by atoms with Crippen molar-refractivity contribution in [2.75, 3.05) is 5.73 Å². The van der Waals surface area contributed by atoms with Crippen molar-refractivity contribution in [3.63, 3.8) is 0 Å². The molecule has 0 spiro atoms. The van der Waals surface area contributed by atoms with Gasteiger partial charge in [0.25, 0.3) is 5.91 Å². The highest BCUT2D eigenvalue weighted by atomic mass is 16.2. The average Bonchev–Trinajstić information content (AvgIpc) is 2.52. The number of benzene rings is 2. The van der Waals surface area contributed by atoms with Crippen LogP contribution in [0.4, 0.5) is 5.69 Å². The van der Waals surface area contributed by atoms with Crippen molar-refractivity contribution in [2.24, 2.45) is 5.10 Å². The topological polar surface area (TPSA) is 67.5 Å². The third-order valence-corrected chi connectivity index (χ3v) is 2.82. The molecular weight excluding hydrogens is 262 g/mol. The monoisotopic (exact) mass is 279 g/mol. The first-order valence-electron chi connectivity index (χ1n) is 6.58. The largest absolute Gasteiger partial charge is 0.399 e. The Bertz CT molecular complexity index is 658. The summed E-state index contributed by atoms with van der Waals surface area (Å²) in [5.41, 5.74) is 11.0. The van der Waals surface area contributed by atoms with Crippen LogP contribution in [0.3, 0.4) is 0 Å². The molecule has 0 aliphatic carbocycles. The van der Waals surface area contributed by atoms with Gasteiger partial charge in [-0.05, 0) is 42.8 Å². The van der Waals surface area contributed by atoms with Gasteiger partial charge in [-0.1, -0.05) is 36.4 Å². The number of amides is 1. The van der Waals surface area contributed by atoms with Gasteiger partial charge in [-0.2, -0.15) is 5.10 Å². The number of anilines is 1. The van der Waals surface area contributed by atoms with Crippen molar-refractivity contribution in [3.8, 4) is 0 Å². The molecule has 4 nitrogen and oxygen atoms in total. The van der Waals surface area contributed by atoms with E-state index in [1.807, 2.05) is 49.4 Å². The predicted octanol–water partition coefficient (Wildman–Crippen LogP) is 3.09. The van der Waals surface area contributed by atoms with Crippen LogP contribution in [0.25, 0.3) is 6.08 Å². The second-order valence-electron chi connectivity index (χ2n) is 4.56. The third-order valence-electron chi connectivity index (χ3n) is 2.82. The van der Waals surface area contributed by atoms with E-state index in [-0.39, 0.29) is 5.91 Å². The fourth-order valence-electron chi connectivity index (χ4n) is 1.66. The molecule has 0 fully saturated rings. The molecular formula is C17H17N3O. The molecule has 0 heterocycles. The lowest BCUT2D eigenvalue weighted by Gasteiger charge is -2.01. The number of nitrogens with zero attached hydrogens (tertiary/aromatic N) is 1. The minimum absolute atomic E-state index is 0.262. The molecule has 2 aromatic rings. The van der Waals surface area contributed by atoms with Crippen LogP contribution in [-0.4, -0.2) is 11.6 Å². The van der Waals surface area contributed by atoms with Gasteiger partial charge in [0.2, 0.25) is 0 Å². The number of nitrogens with two attached hydrogens (primary N) is 1. The number of allylic oxidation sites excluding steroid dienone is 1. The Labute approximate surface area is 124 Å². The van der Waals surface area contributed by atoms with Gasteiger partial charge in [-0.3, -0.25) is 4.79 Å². The van der Waals surface area contributed by atoms with E-state index in [0.717, 1.165) is 5.56 Å². The van der Waals surface area contributed by atoms with Crippen LogP contribution in [0, 0.1) is 0 Å². The Morgan fingerprint density at radius 1 is 1.10 bits per heavy atom. The summed E-state index contributed by atoms with van der Waals surface area (Å²) >= 11 is 0. The summed E-state index contributed by atoms with van der Waals surface area (Å²) in [6.07, 6.45) is 3.78. The van der Waals surface area contributed by atoms with E-state index in [1.165, 1.54) is 0 Å². The van der Waals surface area contributed by atoms with E-state index in [9.17, 15) is 4.79 Å². The van der Waals surface area contributed by atoms with Crippen molar-refractivity contribution >= 4 is 23.4 Å². The summed E-state index contributed by atoms with van der Waals surface area (Å²) in [5.74, 6) is -0.262. The van der Waals surface area contributed by atoms with Gasteiger partial charge < -0.3 is 5.73 Å². The summed E-state index contributed by atoms with van der Waals surface area (Å²) in [6.45, 7) is 1.82. The molecule has 0 aromatic heterocycles. The second kappa shape index (κ2) is 7.05. The molecule has 0 unspecified atom stereocenters. The Kier molecular flexibility index (Phi) is 4.88.